The lowest BCUT2D eigenvalue weighted by Gasteiger charge is -2.22. The predicted molar refractivity (Wildman–Crippen MR) is 133 cm³/mol. The third-order valence-corrected chi connectivity index (χ3v) is 6.71. The van der Waals surface area contributed by atoms with Crippen molar-refractivity contribution in [2.75, 3.05) is 16.7 Å². The Morgan fingerprint density at radius 1 is 0.946 bits per heavy atom. The highest BCUT2D eigenvalue weighted by Gasteiger charge is 2.38. The maximum atomic E-state index is 12.6. The second-order valence-electron chi connectivity index (χ2n) is 7.36. The molecule has 0 fully saturated rings. The number of hydrogen-bond acceptors (Lipinski definition) is 5. The van der Waals surface area contributed by atoms with E-state index < -0.39 is 28.1 Å². The lowest BCUT2D eigenvalue weighted by molar-refractivity contribution is -0.192. The van der Waals surface area contributed by atoms with Crippen LogP contribution < -0.4 is 9.62 Å². The van der Waals surface area contributed by atoms with Crippen molar-refractivity contribution in [3.63, 3.8) is 0 Å². The summed E-state index contributed by atoms with van der Waals surface area (Å²) in [5, 5.41) is 17.1. The Balaban J connectivity index is 0.000000604. The number of benzene rings is 3. The van der Waals surface area contributed by atoms with Crippen molar-refractivity contribution in [3.8, 4) is 0 Å². The molecular weight excluding hydrogens is 560 g/mol. The predicted octanol–water partition coefficient (Wildman–Crippen LogP) is 5.76. The first-order valence-corrected chi connectivity index (χ1v) is 12.3. The molecule has 0 aliphatic rings. The van der Waals surface area contributed by atoms with Gasteiger partial charge in [-0.15, -0.1) is 0 Å². The summed E-state index contributed by atoms with van der Waals surface area (Å²) in [6.07, 6.45) is -5.08. The Morgan fingerprint density at radius 2 is 1.54 bits per heavy atom. The van der Waals surface area contributed by atoms with Crippen LogP contribution in [0.1, 0.15) is 15.9 Å². The number of halogens is 5. The highest BCUT2D eigenvalue weighted by molar-refractivity contribution is 7.92. The van der Waals surface area contributed by atoms with Gasteiger partial charge in [0.25, 0.3) is 10.0 Å². The van der Waals surface area contributed by atoms with E-state index in [0.717, 1.165) is 5.56 Å². The SMILES string of the molecule is CN(Cc1ccccc1)c1ccc(NS(=O)(=O)c2ccc(Cl)c(Cl)c2)cc1C(=O)O.O=C(O)C(F)(F)F. The number of aliphatic carboxylic acids is 1. The molecule has 0 atom stereocenters. The number of carboxylic acid groups (broad SMARTS) is 2. The quantitative estimate of drug-likeness (QED) is 0.325. The van der Waals surface area contributed by atoms with E-state index in [0.29, 0.717) is 12.2 Å². The fourth-order valence-electron chi connectivity index (χ4n) is 2.90. The number of sulfonamides is 1. The van der Waals surface area contributed by atoms with Gasteiger partial charge in [-0.1, -0.05) is 53.5 Å². The van der Waals surface area contributed by atoms with Crippen molar-refractivity contribution < 1.29 is 41.4 Å². The molecule has 0 aliphatic carbocycles. The average molecular weight is 579 g/mol. The number of nitrogens with zero attached hydrogens (tertiary/aromatic N) is 1. The summed E-state index contributed by atoms with van der Waals surface area (Å²) in [5.41, 5.74) is 1.57. The number of nitrogens with one attached hydrogen (secondary N) is 1. The molecule has 37 heavy (non-hydrogen) atoms. The smallest absolute Gasteiger partial charge is 0.478 e. The van der Waals surface area contributed by atoms with E-state index >= 15 is 0 Å². The van der Waals surface area contributed by atoms with Gasteiger partial charge in [-0.2, -0.15) is 13.2 Å². The van der Waals surface area contributed by atoms with E-state index in [9.17, 15) is 31.5 Å². The maximum Gasteiger partial charge on any atom is 0.490 e. The van der Waals surface area contributed by atoms with Crippen molar-refractivity contribution in [2.45, 2.75) is 17.6 Å². The Kier molecular flexibility index (Phi) is 9.79. The molecule has 3 rings (SSSR count). The topological polar surface area (TPSA) is 124 Å². The summed E-state index contributed by atoms with van der Waals surface area (Å²) in [4.78, 5) is 22.4. The molecule has 198 valence electrons. The minimum atomic E-state index is -5.08. The molecule has 0 amide bonds. The number of carboxylic acids is 2. The van der Waals surface area contributed by atoms with Crippen LogP contribution >= 0.6 is 23.2 Å². The molecule has 0 unspecified atom stereocenters. The molecule has 0 saturated heterocycles. The van der Waals surface area contributed by atoms with Gasteiger partial charge in [-0.3, -0.25) is 4.72 Å². The number of anilines is 2. The summed E-state index contributed by atoms with van der Waals surface area (Å²) >= 11 is 11.7. The molecule has 3 aromatic rings. The van der Waals surface area contributed by atoms with E-state index in [1.54, 1.807) is 18.0 Å². The molecule has 3 N–H and O–H groups in total. The van der Waals surface area contributed by atoms with Crippen molar-refractivity contribution in [3.05, 3.63) is 87.9 Å². The summed E-state index contributed by atoms with van der Waals surface area (Å²) in [5.74, 6) is -3.92. The summed E-state index contributed by atoms with van der Waals surface area (Å²) in [6, 6.07) is 17.9. The Morgan fingerprint density at radius 3 is 2.05 bits per heavy atom. The van der Waals surface area contributed by atoms with Crippen LogP contribution in [-0.4, -0.2) is 43.8 Å². The maximum absolute atomic E-state index is 12.6. The van der Waals surface area contributed by atoms with Gasteiger partial charge in [0.1, 0.15) is 0 Å². The van der Waals surface area contributed by atoms with Gasteiger partial charge in [-0.25, -0.2) is 18.0 Å². The minimum absolute atomic E-state index is 0.0252. The summed E-state index contributed by atoms with van der Waals surface area (Å²) in [6.45, 7) is 0.496. The van der Waals surface area contributed by atoms with E-state index in [1.165, 1.54) is 30.3 Å². The molecule has 0 heterocycles. The molecule has 0 aromatic heterocycles. The van der Waals surface area contributed by atoms with Crippen LogP contribution in [0.3, 0.4) is 0 Å². The van der Waals surface area contributed by atoms with Gasteiger partial charge in [0.2, 0.25) is 0 Å². The fourth-order valence-corrected chi connectivity index (χ4v) is 4.34. The first-order valence-electron chi connectivity index (χ1n) is 10.0. The highest BCUT2D eigenvalue weighted by atomic mass is 35.5. The zero-order chi connectivity index (χ0) is 28.0. The Labute approximate surface area is 219 Å². The Bertz CT molecular complexity index is 1390. The fraction of sp³-hybridized carbons (Fsp3) is 0.130. The van der Waals surface area contributed by atoms with E-state index in [-0.39, 0.29) is 26.2 Å². The van der Waals surface area contributed by atoms with Gasteiger partial charge in [0.15, 0.2) is 0 Å². The number of aromatic carboxylic acids is 1. The standard InChI is InChI=1S/C21H18Cl2N2O4S.C2HF3O2/c1-25(13-14-5-3-2-4-6-14)20-10-7-15(11-17(20)21(26)27)24-30(28,29)16-8-9-18(22)19(23)12-16;3-2(4,5)1(6)7/h2-12,24H,13H2,1H3,(H,26,27);(H,6,7). The third kappa shape index (κ3) is 8.55. The zero-order valence-electron chi connectivity index (χ0n) is 18.8. The lowest BCUT2D eigenvalue weighted by Crippen LogP contribution is -2.21. The van der Waals surface area contributed by atoms with Gasteiger partial charge in [0, 0.05) is 19.3 Å². The van der Waals surface area contributed by atoms with Crippen LogP contribution in [-0.2, 0) is 21.4 Å². The van der Waals surface area contributed by atoms with Crippen LogP contribution in [0, 0.1) is 0 Å². The Hall–Kier alpha value is -3.48. The van der Waals surface area contributed by atoms with Gasteiger partial charge >= 0.3 is 18.1 Å². The molecule has 3 aromatic carbocycles. The van der Waals surface area contributed by atoms with Crippen molar-refractivity contribution in [1.82, 2.24) is 0 Å². The largest absolute Gasteiger partial charge is 0.490 e. The summed E-state index contributed by atoms with van der Waals surface area (Å²) < 4.78 is 59.4. The summed E-state index contributed by atoms with van der Waals surface area (Å²) in [7, 11) is -2.20. The zero-order valence-corrected chi connectivity index (χ0v) is 21.2. The number of rotatable bonds is 7. The minimum Gasteiger partial charge on any atom is -0.478 e. The van der Waals surface area contributed by atoms with Gasteiger partial charge < -0.3 is 15.1 Å². The number of carbonyl (C=O) groups is 2. The molecule has 8 nitrogen and oxygen atoms in total. The second kappa shape index (κ2) is 12.2. The second-order valence-corrected chi connectivity index (χ2v) is 9.86. The van der Waals surface area contributed by atoms with Crippen LogP contribution in [0.4, 0.5) is 24.5 Å². The molecule has 14 heteroatoms. The monoisotopic (exact) mass is 578 g/mol. The van der Waals surface area contributed by atoms with Crippen molar-refractivity contribution >= 4 is 56.5 Å². The normalized spacial score (nSPS) is 11.2. The molecule has 0 bridgehead atoms. The lowest BCUT2D eigenvalue weighted by atomic mass is 10.1. The van der Waals surface area contributed by atoms with Crippen molar-refractivity contribution in [1.29, 1.82) is 0 Å². The third-order valence-electron chi connectivity index (χ3n) is 4.60. The average Bonchev–Trinajstić information content (AvgIpc) is 2.80. The molecule has 0 spiro atoms. The first-order chi connectivity index (χ1) is 17.1. The van der Waals surface area contributed by atoms with E-state index in [1.807, 2.05) is 30.3 Å². The molecule has 0 saturated carbocycles. The molecule has 0 aliphatic heterocycles. The van der Waals surface area contributed by atoms with Crippen molar-refractivity contribution in [2.24, 2.45) is 0 Å². The van der Waals surface area contributed by atoms with Crippen LogP contribution in [0.2, 0.25) is 10.0 Å². The van der Waals surface area contributed by atoms with Crippen LogP contribution in [0.5, 0.6) is 0 Å². The number of alkyl halides is 3. The van der Waals surface area contributed by atoms with Crippen LogP contribution in [0.15, 0.2) is 71.6 Å². The number of hydrogen-bond donors (Lipinski definition) is 3. The van der Waals surface area contributed by atoms with E-state index in [4.69, 9.17) is 33.1 Å². The first kappa shape index (κ1) is 29.7. The highest BCUT2D eigenvalue weighted by Crippen LogP contribution is 2.29. The van der Waals surface area contributed by atoms with Crippen LogP contribution in [0.25, 0.3) is 0 Å². The molecule has 0 radical (unpaired) electrons. The molecular formula is C23H19Cl2F3N2O6S. The van der Waals surface area contributed by atoms with Gasteiger partial charge in [-0.05, 0) is 42.0 Å². The van der Waals surface area contributed by atoms with E-state index in [2.05, 4.69) is 4.72 Å². The van der Waals surface area contributed by atoms with Gasteiger partial charge in [0.05, 0.1) is 26.2 Å².